The molecule has 1 spiro atoms. The monoisotopic (exact) mass is 551 g/mol. The number of fused-ring (bicyclic) bond motifs is 1. The van der Waals surface area contributed by atoms with Crippen molar-refractivity contribution in [1.82, 2.24) is 14.7 Å². The molecule has 218 valence electrons. The van der Waals surface area contributed by atoms with E-state index in [0.29, 0.717) is 38.9 Å². The number of ether oxygens (including phenoxy) is 1. The first-order chi connectivity index (χ1) is 19.2. The Balaban J connectivity index is 1.85. The van der Waals surface area contributed by atoms with Gasteiger partial charge in [-0.2, -0.15) is 0 Å². The molecule has 3 aliphatic heterocycles. The number of rotatable bonds is 13. The molecule has 0 aliphatic carbocycles. The van der Waals surface area contributed by atoms with Crippen LogP contribution in [0.25, 0.3) is 0 Å². The lowest BCUT2D eigenvalue weighted by molar-refractivity contribution is -0.159. The first-order valence-corrected chi connectivity index (χ1v) is 14.6. The molecule has 0 radical (unpaired) electrons. The summed E-state index contributed by atoms with van der Waals surface area (Å²) in [4.78, 5) is 48.1. The van der Waals surface area contributed by atoms with Gasteiger partial charge in [-0.3, -0.25) is 14.4 Å². The summed E-state index contributed by atoms with van der Waals surface area (Å²) in [5.74, 6) is -2.22. The molecular formula is C32H45N3O5. The molecule has 40 heavy (non-hydrogen) atoms. The first kappa shape index (κ1) is 30.0. The normalized spacial score (nSPS) is 30.1. The molecule has 3 aliphatic rings. The number of aliphatic hydroxyl groups excluding tert-OH is 1. The number of amides is 3. The Kier molecular flexibility index (Phi) is 8.90. The fourth-order valence-electron chi connectivity index (χ4n) is 7.37. The number of carbonyl (C=O) groups is 3. The Morgan fingerprint density at radius 1 is 1.15 bits per heavy atom. The number of nitrogens with zero attached hydrogens (tertiary/aromatic N) is 3. The highest BCUT2D eigenvalue weighted by atomic mass is 16.5. The van der Waals surface area contributed by atoms with Crippen LogP contribution in [0.3, 0.4) is 0 Å². The van der Waals surface area contributed by atoms with Crippen LogP contribution in [0.2, 0.25) is 0 Å². The predicted octanol–water partition coefficient (Wildman–Crippen LogP) is 3.41. The predicted molar refractivity (Wildman–Crippen MR) is 154 cm³/mol. The smallest absolute Gasteiger partial charge is 0.249 e. The molecule has 8 heteroatoms. The van der Waals surface area contributed by atoms with Crippen molar-refractivity contribution in [2.24, 2.45) is 17.8 Å². The summed E-state index contributed by atoms with van der Waals surface area (Å²) in [7, 11) is 1.72. The average Bonchev–Trinajstić information content (AvgIpc) is 3.57. The van der Waals surface area contributed by atoms with Gasteiger partial charge in [-0.1, -0.05) is 69.7 Å². The maximum Gasteiger partial charge on any atom is 0.249 e. The van der Waals surface area contributed by atoms with Crippen LogP contribution in [0, 0.1) is 17.8 Å². The average molecular weight is 552 g/mol. The summed E-state index contributed by atoms with van der Waals surface area (Å²) in [6, 6.07) is 8.19. The van der Waals surface area contributed by atoms with Gasteiger partial charge >= 0.3 is 0 Å². The highest BCUT2D eigenvalue weighted by molar-refractivity contribution is 5.99. The summed E-state index contributed by atoms with van der Waals surface area (Å²) < 4.78 is 6.91. The third kappa shape index (κ3) is 4.69. The summed E-state index contributed by atoms with van der Waals surface area (Å²) in [6.07, 6.45) is 5.73. The number of hydrogen-bond acceptors (Lipinski definition) is 5. The molecule has 4 rings (SSSR count). The van der Waals surface area contributed by atoms with Gasteiger partial charge in [0.15, 0.2) is 0 Å². The van der Waals surface area contributed by atoms with Crippen LogP contribution in [0.15, 0.2) is 55.6 Å². The third-order valence-electron chi connectivity index (χ3n) is 9.62. The fourth-order valence-corrected chi connectivity index (χ4v) is 7.37. The van der Waals surface area contributed by atoms with Crippen LogP contribution in [0.1, 0.15) is 52.0 Å². The highest BCUT2D eigenvalue weighted by Crippen LogP contribution is 2.65. The zero-order chi connectivity index (χ0) is 29.2. The number of carbonyl (C=O) groups excluding carboxylic acids is 3. The summed E-state index contributed by atoms with van der Waals surface area (Å²) in [5.41, 5.74) is -0.995. The molecule has 0 aromatic heterocycles. The van der Waals surface area contributed by atoms with E-state index in [0.717, 1.165) is 12.0 Å². The lowest BCUT2D eigenvalue weighted by atomic mass is 9.64. The number of aliphatic hydroxyl groups is 1. The van der Waals surface area contributed by atoms with Gasteiger partial charge in [-0.05, 0) is 30.7 Å². The molecule has 3 amide bonds. The molecule has 7 atom stereocenters. The van der Waals surface area contributed by atoms with Crippen molar-refractivity contribution in [2.75, 3.05) is 26.7 Å². The Labute approximate surface area is 238 Å². The van der Waals surface area contributed by atoms with Gasteiger partial charge in [0.2, 0.25) is 17.7 Å². The van der Waals surface area contributed by atoms with Gasteiger partial charge in [-0.15, -0.1) is 13.2 Å². The third-order valence-corrected chi connectivity index (χ3v) is 9.62. The molecule has 1 N–H and O–H groups in total. The topological polar surface area (TPSA) is 90.4 Å². The number of benzene rings is 1. The Bertz CT molecular complexity index is 1120. The summed E-state index contributed by atoms with van der Waals surface area (Å²) in [5, 5.41) is 10.6. The van der Waals surface area contributed by atoms with E-state index < -0.39 is 35.1 Å². The van der Waals surface area contributed by atoms with E-state index in [1.165, 1.54) is 0 Å². The van der Waals surface area contributed by atoms with Crippen molar-refractivity contribution in [3.63, 3.8) is 0 Å². The van der Waals surface area contributed by atoms with E-state index in [1.807, 2.05) is 51.1 Å². The quantitative estimate of drug-likeness (QED) is 0.380. The largest absolute Gasteiger partial charge is 0.394 e. The standard InChI is InChI=1S/C32H45N3O5/c1-7-18-33(6)28(37)25-26-29(38)35(24(21-36)22(5)9-3)27(32(26)17-16-31(25,10-4)40-32)30(39)34(19-8-2)20-23-14-12-11-13-15-23/h7-8,11-15,22,24-27,36H,1-2,9-10,16-21H2,3-6H3/t22-,24-,25+,26-,27?,31-,32?/m0/s1. The van der Waals surface area contributed by atoms with E-state index in [-0.39, 0.29) is 30.2 Å². The molecule has 2 bridgehead atoms. The first-order valence-electron chi connectivity index (χ1n) is 14.6. The van der Waals surface area contributed by atoms with Crippen molar-refractivity contribution in [3.05, 3.63) is 61.2 Å². The van der Waals surface area contributed by atoms with Crippen molar-refractivity contribution in [3.8, 4) is 0 Å². The highest BCUT2D eigenvalue weighted by Gasteiger charge is 2.79. The van der Waals surface area contributed by atoms with Crippen molar-refractivity contribution < 1.29 is 24.2 Å². The Morgan fingerprint density at radius 3 is 2.40 bits per heavy atom. The van der Waals surface area contributed by atoms with Crippen LogP contribution < -0.4 is 0 Å². The molecule has 3 saturated heterocycles. The van der Waals surface area contributed by atoms with E-state index in [4.69, 9.17) is 4.74 Å². The SMILES string of the molecule is C=CCN(C)C(=O)[C@H]1[C@H]2C(=O)N([C@@H](CO)[C@@H](C)CC)C(C(=O)N(CC=C)Cc3ccccc3)C23CC[C@]1(CC)O3. The van der Waals surface area contributed by atoms with Gasteiger partial charge in [-0.25, -0.2) is 0 Å². The minimum absolute atomic E-state index is 0.0589. The summed E-state index contributed by atoms with van der Waals surface area (Å²) >= 11 is 0. The maximum atomic E-state index is 14.7. The zero-order valence-electron chi connectivity index (χ0n) is 24.4. The molecule has 3 heterocycles. The van der Waals surface area contributed by atoms with Crippen LogP contribution in [-0.4, -0.2) is 87.6 Å². The molecule has 1 aromatic rings. The molecule has 8 nitrogen and oxygen atoms in total. The number of hydrogen-bond donors (Lipinski definition) is 1. The minimum atomic E-state index is -1.14. The van der Waals surface area contributed by atoms with Crippen LogP contribution in [-0.2, 0) is 25.7 Å². The van der Waals surface area contributed by atoms with Gasteiger partial charge in [0.1, 0.15) is 11.6 Å². The maximum absolute atomic E-state index is 14.7. The van der Waals surface area contributed by atoms with Gasteiger partial charge < -0.3 is 24.5 Å². The van der Waals surface area contributed by atoms with Crippen LogP contribution >= 0.6 is 0 Å². The van der Waals surface area contributed by atoms with Crippen LogP contribution in [0.5, 0.6) is 0 Å². The van der Waals surface area contributed by atoms with E-state index in [9.17, 15) is 19.5 Å². The van der Waals surface area contributed by atoms with E-state index in [1.54, 1.807) is 33.9 Å². The van der Waals surface area contributed by atoms with Gasteiger partial charge in [0.05, 0.1) is 30.1 Å². The molecule has 3 fully saturated rings. The summed E-state index contributed by atoms with van der Waals surface area (Å²) in [6.45, 7) is 14.4. The van der Waals surface area contributed by atoms with E-state index >= 15 is 0 Å². The number of likely N-dealkylation sites (tertiary alicyclic amines) is 1. The lowest BCUT2D eigenvalue weighted by Crippen LogP contribution is -2.59. The molecule has 1 aromatic carbocycles. The van der Waals surface area contributed by atoms with E-state index in [2.05, 4.69) is 13.2 Å². The molecular weight excluding hydrogens is 506 g/mol. The Morgan fingerprint density at radius 2 is 1.82 bits per heavy atom. The molecule has 0 saturated carbocycles. The molecule has 2 unspecified atom stereocenters. The minimum Gasteiger partial charge on any atom is -0.394 e. The number of likely N-dealkylation sites (N-methyl/N-ethyl adjacent to an activating group) is 1. The second-order valence-corrected chi connectivity index (χ2v) is 11.7. The fraction of sp³-hybridized carbons (Fsp3) is 0.594. The van der Waals surface area contributed by atoms with Crippen molar-refractivity contribution in [1.29, 1.82) is 0 Å². The van der Waals surface area contributed by atoms with Gasteiger partial charge in [0, 0.05) is 26.7 Å². The lowest BCUT2D eigenvalue weighted by Gasteiger charge is -2.41. The van der Waals surface area contributed by atoms with Gasteiger partial charge in [0.25, 0.3) is 0 Å². The zero-order valence-corrected chi connectivity index (χ0v) is 24.4. The second-order valence-electron chi connectivity index (χ2n) is 11.7. The van der Waals surface area contributed by atoms with Crippen LogP contribution in [0.4, 0.5) is 0 Å². The van der Waals surface area contributed by atoms with Crippen molar-refractivity contribution >= 4 is 17.7 Å². The Hall–Kier alpha value is -2.97. The van der Waals surface area contributed by atoms with Crippen molar-refractivity contribution in [2.45, 2.75) is 76.3 Å². The second kappa shape index (κ2) is 11.9.